The fourth-order valence-electron chi connectivity index (χ4n) is 17.5. The van der Waals surface area contributed by atoms with Gasteiger partial charge in [0.1, 0.15) is 23.7 Å². The smallest absolute Gasteiger partial charge is 0.438 e. The summed E-state index contributed by atoms with van der Waals surface area (Å²) < 4.78 is 254. The quantitative estimate of drug-likeness (QED) is 0.0737. The van der Waals surface area contributed by atoms with Crippen LogP contribution in [0.5, 0.6) is 0 Å². The summed E-state index contributed by atoms with van der Waals surface area (Å²) in [6, 6.07) is 0. The first kappa shape index (κ1) is 49.4. The van der Waals surface area contributed by atoms with E-state index in [0.29, 0.717) is 44.9 Å². The van der Waals surface area contributed by atoms with E-state index in [-0.39, 0.29) is 61.2 Å². The second-order valence-electron chi connectivity index (χ2n) is 22.1. The third-order valence-corrected chi connectivity index (χ3v) is 20.4. The maximum absolute atomic E-state index is 14.9. The van der Waals surface area contributed by atoms with Gasteiger partial charge in [-0.05, 0) is 129 Å². The summed E-state index contributed by atoms with van der Waals surface area (Å²) in [5.74, 6) is -21.8. The van der Waals surface area contributed by atoms with Gasteiger partial charge in [-0.3, -0.25) is 28.3 Å². The number of ether oxygens (including phenoxy) is 4. The Kier molecular flexibility index (Phi) is 10.4. The Morgan fingerprint density at radius 3 is 1.72 bits per heavy atom. The Bertz CT molecular complexity index is 2430. The Morgan fingerprint density at radius 2 is 1.20 bits per heavy atom. The van der Waals surface area contributed by atoms with Gasteiger partial charge in [-0.2, -0.15) is 69.5 Å². The first-order valence-electron chi connectivity index (χ1n) is 22.5. The minimum Gasteiger partial charge on any atom is -0.458 e. The Hall–Kier alpha value is -3.14. The molecule has 0 aromatic carbocycles. The van der Waals surface area contributed by atoms with E-state index in [9.17, 15) is 88.7 Å². The number of rotatable bonds is 11. The molecule has 1 heterocycles. The molecule has 11 fully saturated rings. The zero-order chi connectivity index (χ0) is 50.6. The predicted octanol–water partition coefficient (Wildman–Crippen LogP) is 6.57. The molecular formula is C41H44F12O14S2. The van der Waals surface area contributed by atoms with Gasteiger partial charge in [0.05, 0.1) is 23.2 Å². The third kappa shape index (κ3) is 6.89. The van der Waals surface area contributed by atoms with E-state index in [0.717, 1.165) is 6.42 Å². The molecule has 1 saturated heterocycles. The Labute approximate surface area is 384 Å². The standard InChI is InChI=1S/C41H44F12O14S2/c42-38(43,44)36(39(45,46)47,13-68(58,59)60)66-29(54)20-5-18-4-19(20)23-17-1-2-35(11-17,26(18)23)34-9-15-3-16(10-34)8-33(7-15,12-34)32(57)65-28-22-6-21-24(30(55)64-27(21)28)25(22)31(56)67-37(40(48,49)50,41(51,52)53)14-69(61,62)63/h15-28H,1-14H2,(H,58,59,60)(H,61,62,63). The summed E-state index contributed by atoms with van der Waals surface area (Å²) in [6.07, 6.45) is -24.5. The summed E-state index contributed by atoms with van der Waals surface area (Å²) in [6.45, 7) is 0. The number of fused-ring (bicyclic) bond motifs is 10. The van der Waals surface area contributed by atoms with Crippen molar-refractivity contribution in [3.05, 3.63) is 0 Å². The molecule has 15 unspecified atom stereocenters. The van der Waals surface area contributed by atoms with Crippen LogP contribution >= 0.6 is 0 Å². The van der Waals surface area contributed by atoms with E-state index in [1.165, 1.54) is 0 Å². The molecule has 11 aliphatic rings. The lowest BCUT2D eigenvalue weighted by molar-refractivity contribution is -0.363. The summed E-state index contributed by atoms with van der Waals surface area (Å²) in [5.41, 5.74) is -13.6. The van der Waals surface area contributed by atoms with Crippen molar-refractivity contribution in [1.29, 1.82) is 0 Å². The van der Waals surface area contributed by atoms with Crippen LogP contribution in [0.15, 0.2) is 0 Å². The number of esters is 4. The monoisotopic (exact) mass is 1050 g/mol. The highest BCUT2D eigenvalue weighted by atomic mass is 32.2. The normalized spacial score (nSPS) is 43.1. The molecule has 0 amide bonds. The molecular weight excluding hydrogens is 1010 g/mol. The zero-order valence-electron chi connectivity index (χ0n) is 35.6. The van der Waals surface area contributed by atoms with Crippen LogP contribution in [-0.4, -0.2) is 109 Å². The second kappa shape index (κ2) is 14.5. The van der Waals surface area contributed by atoms with Crippen LogP contribution in [0.2, 0.25) is 0 Å². The van der Waals surface area contributed by atoms with Crippen molar-refractivity contribution >= 4 is 44.1 Å². The lowest BCUT2D eigenvalue weighted by atomic mass is 9.36. The van der Waals surface area contributed by atoms with Crippen molar-refractivity contribution in [3.8, 4) is 0 Å². The Balaban J connectivity index is 0.900. The van der Waals surface area contributed by atoms with Gasteiger partial charge in [0.2, 0.25) is 0 Å². The van der Waals surface area contributed by atoms with Crippen molar-refractivity contribution in [1.82, 2.24) is 0 Å². The molecule has 0 aromatic heterocycles. The molecule has 0 spiro atoms. The van der Waals surface area contributed by atoms with Gasteiger partial charge < -0.3 is 18.9 Å². The fraction of sp³-hybridized carbons (Fsp3) is 0.902. The van der Waals surface area contributed by atoms with E-state index in [4.69, 9.17) is 18.6 Å². The molecule has 10 bridgehead atoms. The molecule has 10 aliphatic carbocycles. The van der Waals surface area contributed by atoms with E-state index >= 15 is 0 Å². The molecule has 2 N–H and O–H groups in total. The average Bonchev–Trinajstić information content (AvgIpc) is 4.03. The van der Waals surface area contributed by atoms with E-state index in [1.807, 2.05) is 0 Å². The maximum atomic E-state index is 14.9. The van der Waals surface area contributed by atoms with Gasteiger partial charge in [-0.15, -0.1) is 0 Å². The van der Waals surface area contributed by atoms with Crippen molar-refractivity contribution in [2.45, 2.75) is 125 Å². The van der Waals surface area contributed by atoms with Gasteiger partial charge in [0.25, 0.3) is 20.2 Å². The summed E-state index contributed by atoms with van der Waals surface area (Å²) >= 11 is 0. The highest BCUT2D eigenvalue weighted by Crippen LogP contribution is 2.83. The minimum absolute atomic E-state index is 0.0506. The number of carbonyl (C=O) groups is 4. The van der Waals surface area contributed by atoms with Crippen molar-refractivity contribution < 1.29 is 117 Å². The van der Waals surface area contributed by atoms with Crippen LogP contribution in [0, 0.1) is 87.3 Å². The van der Waals surface area contributed by atoms with E-state index in [2.05, 4.69) is 9.47 Å². The zero-order valence-corrected chi connectivity index (χ0v) is 37.3. The Morgan fingerprint density at radius 1 is 0.667 bits per heavy atom. The fourth-order valence-corrected chi connectivity index (χ4v) is 19.3. The first-order valence-corrected chi connectivity index (χ1v) is 25.7. The van der Waals surface area contributed by atoms with Crippen molar-refractivity contribution in [2.75, 3.05) is 11.5 Å². The third-order valence-electron chi connectivity index (χ3n) is 18.9. The van der Waals surface area contributed by atoms with Crippen LogP contribution in [0.25, 0.3) is 0 Å². The van der Waals surface area contributed by atoms with Gasteiger partial charge in [-0.25, -0.2) is 0 Å². The molecule has 11 rings (SSSR count). The molecule has 0 aromatic rings. The number of alkyl halides is 12. The van der Waals surface area contributed by atoms with Crippen molar-refractivity contribution in [2.24, 2.45) is 87.3 Å². The number of halogens is 12. The minimum atomic E-state index is -6.65. The molecule has 10 saturated carbocycles. The van der Waals surface area contributed by atoms with Gasteiger partial charge in [-0.1, -0.05) is 0 Å². The second-order valence-corrected chi connectivity index (χ2v) is 25.0. The lowest BCUT2D eigenvalue weighted by Gasteiger charge is -2.68. The van der Waals surface area contributed by atoms with Crippen molar-refractivity contribution in [3.63, 3.8) is 0 Å². The van der Waals surface area contributed by atoms with Gasteiger partial charge >= 0.3 is 59.8 Å². The largest absolute Gasteiger partial charge is 0.458 e. The average molecular weight is 1050 g/mol. The summed E-state index contributed by atoms with van der Waals surface area (Å²) in [4.78, 5) is 55.1. The molecule has 388 valence electrons. The van der Waals surface area contributed by atoms with Crippen LogP contribution in [0.4, 0.5) is 52.7 Å². The molecule has 1 aliphatic heterocycles. The summed E-state index contributed by atoms with van der Waals surface area (Å²) in [7, 11) is -12.1. The van der Waals surface area contributed by atoms with Crippen LogP contribution in [0.3, 0.4) is 0 Å². The molecule has 15 atom stereocenters. The number of carbonyl (C=O) groups excluding carboxylic acids is 4. The number of hydrogen-bond acceptors (Lipinski definition) is 12. The molecule has 28 heteroatoms. The predicted molar refractivity (Wildman–Crippen MR) is 199 cm³/mol. The van der Waals surface area contributed by atoms with E-state index in [1.54, 1.807) is 0 Å². The topological polar surface area (TPSA) is 214 Å². The molecule has 14 nitrogen and oxygen atoms in total. The van der Waals surface area contributed by atoms with Crippen LogP contribution in [0.1, 0.15) is 77.0 Å². The highest BCUT2D eigenvalue weighted by molar-refractivity contribution is 7.86. The SMILES string of the molecule is O=C(OC(CS(=O)(=O)O)(C(F)(F)F)C(F)(F)F)C1CC2CC1C1C3CCC(C45CC6CC(CC(C(=O)OC7C8CC9C7OC(=O)C9C8C(=O)OC(CS(=O)(=O)O)(C(F)(F)F)C(F)(F)F)(C6)C4)C5)(C3)C21. The highest BCUT2D eigenvalue weighted by Gasteiger charge is 2.81. The molecule has 0 radical (unpaired) electrons. The maximum Gasteiger partial charge on any atom is 0.438 e. The van der Waals surface area contributed by atoms with Gasteiger partial charge in [0.15, 0.2) is 0 Å². The first-order chi connectivity index (χ1) is 31.4. The van der Waals surface area contributed by atoms with Crippen LogP contribution in [-0.2, 0) is 58.4 Å². The molecule has 69 heavy (non-hydrogen) atoms. The van der Waals surface area contributed by atoms with E-state index < -0.39 is 155 Å². The summed E-state index contributed by atoms with van der Waals surface area (Å²) in [5, 5.41) is 0. The van der Waals surface area contributed by atoms with Gasteiger partial charge in [0, 0.05) is 11.8 Å². The number of hydrogen-bond donors (Lipinski definition) is 2. The lowest BCUT2D eigenvalue weighted by Crippen LogP contribution is -2.64. The van der Waals surface area contributed by atoms with Crippen LogP contribution < -0.4 is 0 Å².